The molecule has 1 aliphatic rings. The van der Waals surface area contributed by atoms with Crippen LogP contribution in [0.2, 0.25) is 0 Å². The lowest BCUT2D eigenvalue weighted by Gasteiger charge is -2.21. The number of hydrogen-bond acceptors (Lipinski definition) is 1. The van der Waals surface area contributed by atoms with Gasteiger partial charge in [0.25, 0.3) is 0 Å². The lowest BCUT2D eigenvalue weighted by Crippen LogP contribution is -2.08. The van der Waals surface area contributed by atoms with Crippen LogP contribution in [0.25, 0.3) is 0 Å². The number of benzene rings is 7. The third-order valence-corrected chi connectivity index (χ3v) is 9.77. The molecule has 50 heavy (non-hydrogen) atoms. The van der Waals surface area contributed by atoms with Crippen LogP contribution in [0.15, 0.2) is 176 Å². The Labute approximate surface area is 296 Å². The first-order chi connectivity index (χ1) is 24.7. The monoisotopic (exact) mass is 646 g/mol. The minimum absolute atomic E-state index is 0.183. The van der Waals surface area contributed by atoms with Gasteiger partial charge >= 0.3 is 0 Å². The number of hydrogen-bond donors (Lipinski definition) is 0. The van der Waals surface area contributed by atoms with Crippen molar-refractivity contribution >= 4 is 0 Å². The predicted octanol–water partition coefficient (Wildman–Crippen LogP) is 11.3. The van der Waals surface area contributed by atoms with Gasteiger partial charge in [-0.15, -0.1) is 0 Å². The Morgan fingerprint density at radius 3 is 0.960 bits per heavy atom. The van der Waals surface area contributed by atoms with Crippen molar-refractivity contribution < 1.29 is 4.74 Å². The van der Waals surface area contributed by atoms with Crippen LogP contribution in [-0.4, -0.2) is 0 Å². The third kappa shape index (κ3) is 8.03. The Morgan fingerprint density at radius 2 is 0.620 bits per heavy atom. The van der Waals surface area contributed by atoms with Gasteiger partial charge in [-0.25, -0.2) is 0 Å². The van der Waals surface area contributed by atoms with Gasteiger partial charge in [0.15, 0.2) is 0 Å². The first kappa shape index (κ1) is 31.7. The van der Waals surface area contributed by atoms with Gasteiger partial charge in [0.1, 0.15) is 6.10 Å². The fraction of sp³-hybridized carbons (Fsp3) is 0.143. The van der Waals surface area contributed by atoms with E-state index >= 15 is 0 Å². The quantitative estimate of drug-likeness (QED) is 0.186. The zero-order valence-electron chi connectivity index (χ0n) is 28.5. The molecule has 0 spiro atoms. The second-order valence-corrected chi connectivity index (χ2v) is 13.8. The van der Waals surface area contributed by atoms with Crippen LogP contribution in [0.1, 0.15) is 78.4 Å². The van der Waals surface area contributed by atoms with Gasteiger partial charge in [-0.05, 0) is 104 Å². The summed E-state index contributed by atoms with van der Waals surface area (Å²) in [5.74, 6) is 0. The fourth-order valence-electron chi connectivity index (χ4n) is 7.45. The van der Waals surface area contributed by atoms with Crippen molar-refractivity contribution in [1.82, 2.24) is 0 Å². The highest BCUT2D eigenvalue weighted by molar-refractivity contribution is 5.41. The smallest absolute Gasteiger partial charge is 0.108 e. The van der Waals surface area contributed by atoms with Crippen LogP contribution in [0.3, 0.4) is 0 Å². The largest absolute Gasteiger partial charge is 0.364 e. The average molecular weight is 647 g/mol. The molecule has 1 aliphatic carbocycles. The van der Waals surface area contributed by atoms with Crippen LogP contribution in [0.5, 0.6) is 0 Å². The highest BCUT2D eigenvalue weighted by Gasteiger charge is 2.17. The summed E-state index contributed by atoms with van der Waals surface area (Å²) in [6.45, 7) is 0.548. The summed E-state index contributed by atoms with van der Waals surface area (Å²) < 4.78 is 6.80. The molecule has 0 aromatic heterocycles. The maximum Gasteiger partial charge on any atom is 0.108 e. The van der Waals surface area contributed by atoms with Gasteiger partial charge in [-0.1, -0.05) is 176 Å². The van der Waals surface area contributed by atoms with Gasteiger partial charge < -0.3 is 4.74 Å². The highest BCUT2D eigenvalue weighted by Crippen LogP contribution is 2.30. The lowest BCUT2D eigenvalue weighted by atomic mass is 9.93. The summed E-state index contributed by atoms with van der Waals surface area (Å²) in [6.07, 6.45) is 4.34. The lowest BCUT2D eigenvalue weighted by molar-refractivity contribution is 0.0666. The van der Waals surface area contributed by atoms with Gasteiger partial charge in [-0.3, -0.25) is 0 Å². The maximum atomic E-state index is 6.80. The molecule has 7 aromatic carbocycles. The van der Waals surface area contributed by atoms with E-state index in [-0.39, 0.29) is 6.10 Å². The Balaban J connectivity index is 1.18. The van der Waals surface area contributed by atoms with Crippen LogP contribution in [0, 0.1) is 0 Å². The second-order valence-electron chi connectivity index (χ2n) is 13.8. The van der Waals surface area contributed by atoms with Crippen molar-refractivity contribution in [3.05, 3.63) is 248 Å². The average Bonchev–Trinajstić information content (AvgIpc) is 3.13. The molecule has 0 N–H and O–H groups in total. The first-order valence-corrected chi connectivity index (χ1v) is 17.8. The van der Waals surface area contributed by atoms with E-state index < -0.39 is 0 Å². The van der Waals surface area contributed by atoms with E-state index in [9.17, 15) is 0 Å². The predicted molar refractivity (Wildman–Crippen MR) is 206 cm³/mol. The van der Waals surface area contributed by atoms with Crippen LogP contribution < -0.4 is 0 Å². The van der Waals surface area contributed by atoms with Crippen molar-refractivity contribution in [1.29, 1.82) is 0 Å². The number of rotatable bonds is 3. The fourth-order valence-corrected chi connectivity index (χ4v) is 7.45. The van der Waals surface area contributed by atoms with Crippen LogP contribution in [-0.2, 0) is 43.4 Å². The molecule has 0 aliphatic heterocycles. The zero-order valence-corrected chi connectivity index (χ0v) is 28.5. The van der Waals surface area contributed by atoms with Gasteiger partial charge in [-0.2, -0.15) is 0 Å². The molecule has 0 unspecified atom stereocenters. The molecule has 0 atom stereocenters. The first-order valence-electron chi connectivity index (χ1n) is 17.8. The van der Waals surface area contributed by atoms with Crippen molar-refractivity contribution in [3.63, 3.8) is 0 Å². The molecule has 12 bridgehead atoms. The molecule has 0 heterocycles. The molecule has 1 heteroatoms. The molecule has 0 fully saturated rings. The van der Waals surface area contributed by atoms with Crippen molar-refractivity contribution in [2.75, 3.05) is 0 Å². The van der Waals surface area contributed by atoms with Crippen LogP contribution in [0.4, 0.5) is 0 Å². The summed E-state index contributed by atoms with van der Waals surface area (Å²) in [7, 11) is 0. The van der Waals surface area contributed by atoms with Crippen molar-refractivity contribution in [3.8, 4) is 0 Å². The van der Waals surface area contributed by atoms with E-state index in [1.54, 1.807) is 0 Å². The van der Waals surface area contributed by atoms with Crippen molar-refractivity contribution in [2.24, 2.45) is 0 Å². The third-order valence-electron chi connectivity index (χ3n) is 9.77. The van der Waals surface area contributed by atoms with E-state index in [0.717, 1.165) is 32.1 Å². The van der Waals surface area contributed by atoms with E-state index in [1.807, 2.05) is 0 Å². The summed E-state index contributed by atoms with van der Waals surface area (Å²) in [6, 6.07) is 64.9. The Kier molecular flexibility index (Phi) is 9.49. The summed E-state index contributed by atoms with van der Waals surface area (Å²) in [5.41, 5.74) is 16.9. The summed E-state index contributed by atoms with van der Waals surface area (Å²) >= 11 is 0. The zero-order chi connectivity index (χ0) is 33.5. The van der Waals surface area contributed by atoms with E-state index in [0.29, 0.717) is 6.61 Å². The number of fused-ring (bicyclic) bond motifs is 12. The molecular weight excluding hydrogens is 605 g/mol. The molecular formula is C49H42O. The van der Waals surface area contributed by atoms with Gasteiger partial charge in [0.05, 0.1) is 6.61 Å². The summed E-state index contributed by atoms with van der Waals surface area (Å²) in [5, 5.41) is 0. The Hall–Kier alpha value is -5.50. The second kappa shape index (κ2) is 14.9. The van der Waals surface area contributed by atoms with Gasteiger partial charge in [0.2, 0.25) is 0 Å². The molecule has 0 saturated carbocycles. The van der Waals surface area contributed by atoms with Crippen LogP contribution >= 0.6 is 0 Å². The van der Waals surface area contributed by atoms with E-state index in [2.05, 4.69) is 176 Å². The number of ether oxygens (including phenoxy) is 1. The molecule has 0 radical (unpaired) electrons. The summed E-state index contributed by atoms with van der Waals surface area (Å²) in [4.78, 5) is 0. The highest BCUT2D eigenvalue weighted by atomic mass is 16.5. The maximum absolute atomic E-state index is 6.80. The minimum Gasteiger partial charge on any atom is -0.364 e. The SMILES string of the molecule is c1ccc(COC2c3cccc(c3)Cc3cccc(c3)Cc3cccc(c3)Cc3cccc(c3)Cc3cccc(c3)Cc3cccc2c3)cc1. The Morgan fingerprint density at radius 1 is 0.320 bits per heavy atom. The normalized spacial score (nSPS) is 13.3. The standard InChI is InChI=1S/C49H42O/c1-2-10-36(11-3-1)35-50-49-47-22-8-20-45(33-47)31-43-18-6-16-41(29-43)27-39-14-4-12-37(25-39)24-38-13-5-15-40(26-38)28-42-17-7-19-44(30-42)32-46-21-9-23-48(49)34-46/h1-23,25-26,29-30,33-34,49H,24,27-28,31-32,35H2. The molecule has 0 amide bonds. The Bertz CT molecular complexity index is 2080. The van der Waals surface area contributed by atoms with E-state index in [1.165, 1.54) is 72.3 Å². The molecule has 1 nitrogen and oxygen atoms in total. The molecule has 244 valence electrons. The van der Waals surface area contributed by atoms with Crippen molar-refractivity contribution in [2.45, 2.75) is 44.8 Å². The molecule has 0 saturated heterocycles. The topological polar surface area (TPSA) is 9.23 Å². The van der Waals surface area contributed by atoms with E-state index in [4.69, 9.17) is 4.74 Å². The molecule has 7 aromatic rings. The van der Waals surface area contributed by atoms with Gasteiger partial charge in [0, 0.05) is 0 Å². The molecule has 8 rings (SSSR count). The minimum atomic E-state index is -0.183.